The van der Waals surface area contributed by atoms with E-state index in [0.717, 1.165) is 15.7 Å². The van der Waals surface area contributed by atoms with Gasteiger partial charge in [-0.25, -0.2) is 4.39 Å². The molecule has 0 saturated carbocycles. The second-order valence-electron chi connectivity index (χ2n) is 5.97. The summed E-state index contributed by atoms with van der Waals surface area (Å²) in [7, 11) is 0. The molecule has 2 N–H and O–H groups in total. The van der Waals surface area contributed by atoms with E-state index in [1.807, 2.05) is 12.1 Å². The minimum Gasteiger partial charge on any atom is -0.483 e. The van der Waals surface area contributed by atoms with Crippen LogP contribution < -0.4 is 15.4 Å². The van der Waals surface area contributed by atoms with Crippen LogP contribution in [0.2, 0.25) is 5.02 Å². The molecule has 4 nitrogen and oxygen atoms in total. The molecule has 0 fully saturated rings. The van der Waals surface area contributed by atoms with Gasteiger partial charge in [0.2, 0.25) is 0 Å². The highest BCUT2D eigenvalue weighted by Crippen LogP contribution is 2.26. The van der Waals surface area contributed by atoms with E-state index in [1.54, 1.807) is 42.5 Å². The molecule has 0 spiro atoms. The normalized spacial score (nSPS) is 10.4. The summed E-state index contributed by atoms with van der Waals surface area (Å²) < 4.78 is 19.3. The average Bonchev–Trinajstić information content (AvgIpc) is 2.68. The van der Waals surface area contributed by atoms with Crippen LogP contribution in [0, 0.1) is 5.82 Å². The molecule has 3 aromatic rings. The quantitative estimate of drug-likeness (QED) is 0.461. The molecule has 0 aliphatic carbocycles. The van der Waals surface area contributed by atoms with E-state index in [2.05, 4.69) is 26.6 Å². The van der Waals surface area contributed by atoms with Crippen LogP contribution >= 0.6 is 27.5 Å². The summed E-state index contributed by atoms with van der Waals surface area (Å²) in [5.41, 5.74) is 2.49. The predicted molar refractivity (Wildman–Crippen MR) is 113 cm³/mol. The van der Waals surface area contributed by atoms with Crippen LogP contribution in [0.15, 0.2) is 71.2 Å². The fraction of sp³-hybridized carbons (Fsp3) is 0.0952. The van der Waals surface area contributed by atoms with E-state index in [-0.39, 0.29) is 18.3 Å². The first-order valence-electron chi connectivity index (χ1n) is 8.46. The van der Waals surface area contributed by atoms with Crippen molar-refractivity contribution in [2.75, 3.05) is 17.2 Å². The summed E-state index contributed by atoms with van der Waals surface area (Å²) in [6, 6.07) is 18.6. The van der Waals surface area contributed by atoms with Gasteiger partial charge in [-0.1, -0.05) is 17.7 Å². The monoisotopic (exact) mass is 462 g/mol. The van der Waals surface area contributed by atoms with E-state index in [1.165, 1.54) is 12.1 Å². The minimum absolute atomic E-state index is 0.117. The number of amides is 1. The molecule has 0 unspecified atom stereocenters. The lowest BCUT2D eigenvalue weighted by Crippen LogP contribution is -2.20. The van der Waals surface area contributed by atoms with Gasteiger partial charge in [0.1, 0.15) is 11.6 Å². The molecule has 7 heteroatoms. The number of rotatable bonds is 7. The first-order valence-corrected chi connectivity index (χ1v) is 9.63. The summed E-state index contributed by atoms with van der Waals surface area (Å²) in [5, 5.41) is 6.56. The molecule has 0 aliphatic rings. The molecule has 0 atom stereocenters. The Hall–Kier alpha value is -2.57. The number of ether oxygens (including phenoxy) is 1. The van der Waals surface area contributed by atoms with Crippen LogP contribution in [-0.4, -0.2) is 12.5 Å². The Morgan fingerprint density at radius 2 is 1.68 bits per heavy atom. The minimum atomic E-state index is -0.269. The molecule has 0 saturated heterocycles. The van der Waals surface area contributed by atoms with Gasteiger partial charge in [-0.05, 0) is 82.2 Å². The Bertz CT molecular complexity index is 950. The molecule has 0 aromatic heterocycles. The third-order valence-electron chi connectivity index (χ3n) is 3.82. The first-order chi connectivity index (χ1) is 13.5. The summed E-state index contributed by atoms with van der Waals surface area (Å²) in [6.07, 6.45) is 0. The third-order valence-corrected chi connectivity index (χ3v) is 4.70. The molecule has 0 heterocycles. The van der Waals surface area contributed by atoms with Crippen molar-refractivity contribution in [3.8, 4) is 5.75 Å². The maximum Gasteiger partial charge on any atom is 0.262 e. The number of halogens is 3. The maximum atomic E-state index is 12.9. The number of carbonyl (C=O) groups is 1. The lowest BCUT2D eigenvalue weighted by atomic mass is 10.2. The van der Waals surface area contributed by atoms with Crippen molar-refractivity contribution >= 4 is 44.8 Å². The van der Waals surface area contributed by atoms with Crippen LogP contribution in [0.25, 0.3) is 0 Å². The van der Waals surface area contributed by atoms with E-state index in [9.17, 15) is 9.18 Å². The van der Waals surface area contributed by atoms with Gasteiger partial charge >= 0.3 is 0 Å². The summed E-state index contributed by atoms with van der Waals surface area (Å²) in [5.74, 6) is 0.0305. The van der Waals surface area contributed by atoms with Gasteiger partial charge in [-0.3, -0.25) is 4.79 Å². The first kappa shape index (κ1) is 20.2. The van der Waals surface area contributed by atoms with Crippen molar-refractivity contribution in [2.24, 2.45) is 0 Å². The van der Waals surface area contributed by atoms with Gasteiger partial charge < -0.3 is 15.4 Å². The average molecular weight is 464 g/mol. The Labute approximate surface area is 175 Å². The topological polar surface area (TPSA) is 50.4 Å². The molecule has 3 rings (SSSR count). The lowest BCUT2D eigenvalue weighted by molar-refractivity contribution is -0.118. The second-order valence-corrected chi connectivity index (χ2v) is 7.26. The Morgan fingerprint density at radius 3 is 2.36 bits per heavy atom. The van der Waals surface area contributed by atoms with Crippen molar-refractivity contribution < 1.29 is 13.9 Å². The van der Waals surface area contributed by atoms with Crippen molar-refractivity contribution in [3.05, 3.63) is 87.6 Å². The number of nitrogens with one attached hydrogen (secondary N) is 2. The second kappa shape index (κ2) is 9.57. The highest BCUT2D eigenvalue weighted by Gasteiger charge is 2.07. The molecule has 0 bridgehead atoms. The number of anilines is 2. The molecule has 144 valence electrons. The van der Waals surface area contributed by atoms with E-state index >= 15 is 0 Å². The molecule has 3 aromatic carbocycles. The van der Waals surface area contributed by atoms with Gasteiger partial charge in [0.05, 0.1) is 4.47 Å². The maximum absolute atomic E-state index is 12.9. The molecule has 0 radical (unpaired) electrons. The van der Waals surface area contributed by atoms with Gasteiger partial charge in [-0.2, -0.15) is 0 Å². The number of carbonyl (C=O) groups excluding carboxylic acids is 1. The van der Waals surface area contributed by atoms with E-state index < -0.39 is 0 Å². The predicted octanol–water partition coefficient (Wildman–Crippen LogP) is 5.87. The van der Waals surface area contributed by atoms with Crippen molar-refractivity contribution in [3.63, 3.8) is 0 Å². The molecule has 0 aliphatic heterocycles. The van der Waals surface area contributed by atoms with Crippen molar-refractivity contribution in [1.29, 1.82) is 0 Å². The van der Waals surface area contributed by atoms with Crippen LogP contribution in [0.5, 0.6) is 5.75 Å². The number of benzene rings is 3. The molecular formula is C21H17BrClFN2O2. The number of hydrogen-bond donors (Lipinski definition) is 2. The van der Waals surface area contributed by atoms with Gasteiger partial charge in [0, 0.05) is 22.9 Å². The van der Waals surface area contributed by atoms with Gasteiger partial charge in [0.25, 0.3) is 5.91 Å². The third kappa shape index (κ3) is 5.97. The number of hydrogen-bond acceptors (Lipinski definition) is 3. The Morgan fingerprint density at radius 1 is 1.00 bits per heavy atom. The lowest BCUT2D eigenvalue weighted by Gasteiger charge is -2.11. The summed E-state index contributed by atoms with van der Waals surface area (Å²) in [6.45, 7) is 0.454. The Balaban J connectivity index is 1.51. The highest BCUT2D eigenvalue weighted by molar-refractivity contribution is 9.10. The standard InChI is InChI=1S/C21H17BrClFN2O2/c22-19-11-14(12-25-17-8-4-16(24)5-9-17)1-10-20(19)28-13-21(27)26-18-6-2-15(23)3-7-18/h1-11,25H,12-13H2,(H,26,27). The summed E-state index contributed by atoms with van der Waals surface area (Å²) >= 11 is 9.28. The smallest absolute Gasteiger partial charge is 0.262 e. The zero-order valence-electron chi connectivity index (χ0n) is 14.7. The fourth-order valence-electron chi connectivity index (χ4n) is 2.42. The van der Waals surface area contributed by atoms with Crippen LogP contribution in [0.4, 0.5) is 15.8 Å². The zero-order valence-corrected chi connectivity index (χ0v) is 17.1. The molecule has 1 amide bonds. The van der Waals surface area contributed by atoms with Crippen LogP contribution in [-0.2, 0) is 11.3 Å². The van der Waals surface area contributed by atoms with Gasteiger partial charge in [-0.15, -0.1) is 0 Å². The SMILES string of the molecule is O=C(COc1ccc(CNc2ccc(F)cc2)cc1Br)Nc1ccc(Cl)cc1. The summed E-state index contributed by atoms with van der Waals surface area (Å²) in [4.78, 5) is 12.0. The van der Waals surface area contributed by atoms with Gasteiger partial charge in [0.15, 0.2) is 6.61 Å². The fourth-order valence-corrected chi connectivity index (χ4v) is 3.08. The van der Waals surface area contributed by atoms with Crippen LogP contribution in [0.1, 0.15) is 5.56 Å². The van der Waals surface area contributed by atoms with Crippen molar-refractivity contribution in [1.82, 2.24) is 0 Å². The van der Waals surface area contributed by atoms with Crippen molar-refractivity contribution in [2.45, 2.75) is 6.54 Å². The molecule has 28 heavy (non-hydrogen) atoms. The van der Waals surface area contributed by atoms with E-state index in [0.29, 0.717) is 23.0 Å². The van der Waals surface area contributed by atoms with E-state index in [4.69, 9.17) is 16.3 Å². The highest BCUT2D eigenvalue weighted by atomic mass is 79.9. The Kier molecular flexibility index (Phi) is 6.90. The largest absolute Gasteiger partial charge is 0.483 e. The molecular weight excluding hydrogens is 447 g/mol. The van der Waals surface area contributed by atoms with Crippen LogP contribution in [0.3, 0.4) is 0 Å². The zero-order chi connectivity index (χ0) is 19.9.